The van der Waals surface area contributed by atoms with E-state index in [1.165, 1.54) is 25.7 Å². The molecule has 1 N–H and O–H groups in total. The predicted octanol–water partition coefficient (Wildman–Crippen LogP) is 3.95. The number of rotatable bonds is 7. The minimum Gasteiger partial charge on any atom is -0.354 e. The smallest absolute Gasteiger partial charge is 0.220 e. The quantitative estimate of drug-likeness (QED) is 0.838. The van der Waals surface area contributed by atoms with Gasteiger partial charge in [-0.25, -0.2) is 4.98 Å². The van der Waals surface area contributed by atoms with Gasteiger partial charge in [-0.1, -0.05) is 56.0 Å². The van der Waals surface area contributed by atoms with Crippen molar-refractivity contribution in [2.24, 2.45) is 5.92 Å². The summed E-state index contributed by atoms with van der Waals surface area (Å²) in [5.74, 6) is 1.92. The lowest BCUT2D eigenvalue weighted by molar-refractivity contribution is -0.121. The van der Waals surface area contributed by atoms with Crippen molar-refractivity contribution in [3.63, 3.8) is 0 Å². The molecule has 1 heterocycles. The normalized spacial score (nSPS) is 14.9. The van der Waals surface area contributed by atoms with Crippen LogP contribution < -0.4 is 5.32 Å². The van der Waals surface area contributed by atoms with E-state index in [1.54, 1.807) is 0 Å². The van der Waals surface area contributed by atoms with E-state index in [1.807, 2.05) is 24.4 Å². The third-order valence-electron chi connectivity index (χ3n) is 5.00. The van der Waals surface area contributed by atoms with Crippen LogP contribution in [0.4, 0.5) is 0 Å². The molecular formula is C20H27N3O. The summed E-state index contributed by atoms with van der Waals surface area (Å²) in [6, 6.07) is 10.2. The number of hydrogen-bond donors (Lipinski definition) is 1. The molecule has 128 valence electrons. The van der Waals surface area contributed by atoms with E-state index in [4.69, 9.17) is 0 Å². The summed E-state index contributed by atoms with van der Waals surface area (Å²) in [4.78, 5) is 16.6. The van der Waals surface area contributed by atoms with Gasteiger partial charge >= 0.3 is 0 Å². The van der Waals surface area contributed by atoms with Gasteiger partial charge in [-0.2, -0.15) is 0 Å². The molecule has 1 saturated carbocycles. The van der Waals surface area contributed by atoms with Crippen molar-refractivity contribution >= 4 is 5.91 Å². The SMILES string of the molecule is Cc1cnc(-c2ccccc2)n1CCNC(=O)CCC1CCCC1. The van der Waals surface area contributed by atoms with Gasteiger partial charge in [0.15, 0.2) is 0 Å². The van der Waals surface area contributed by atoms with E-state index in [0.29, 0.717) is 13.0 Å². The largest absolute Gasteiger partial charge is 0.354 e. The van der Waals surface area contributed by atoms with Gasteiger partial charge in [0.25, 0.3) is 0 Å². The Morgan fingerprint density at radius 2 is 2.00 bits per heavy atom. The number of benzene rings is 1. The van der Waals surface area contributed by atoms with E-state index in [2.05, 4.69) is 33.9 Å². The van der Waals surface area contributed by atoms with Crippen molar-refractivity contribution in [3.05, 3.63) is 42.2 Å². The molecule has 0 spiro atoms. The lowest BCUT2D eigenvalue weighted by Gasteiger charge is -2.12. The highest BCUT2D eigenvalue weighted by atomic mass is 16.1. The molecular weight excluding hydrogens is 298 g/mol. The molecule has 1 amide bonds. The van der Waals surface area contributed by atoms with Crippen LogP contribution in [0, 0.1) is 12.8 Å². The van der Waals surface area contributed by atoms with E-state index >= 15 is 0 Å². The Kier molecular flexibility index (Phi) is 5.68. The van der Waals surface area contributed by atoms with Gasteiger partial charge in [0.05, 0.1) is 0 Å². The number of carbonyl (C=O) groups excluding carboxylic acids is 1. The number of nitrogens with one attached hydrogen (secondary N) is 1. The van der Waals surface area contributed by atoms with Gasteiger partial charge in [-0.3, -0.25) is 4.79 Å². The molecule has 0 radical (unpaired) electrons. The monoisotopic (exact) mass is 325 g/mol. The van der Waals surface area contributed by atoms with E-state index in [-0.39, 0.29) is 5.91 Å². The Bertz CT molecular complexity index is 657. The van der Waals surface area contributed by atoms with Crippen LogP contribution in [0.1, 0.15) is 44.2 Å². The number of amides is 1. The Labute approximate surface area is 144 Å². The number of aryl methyl sites for hydroxylation is 1. The molecule has 0 atom stereocenters. The first-order chi connectivity index (χ1) is 11.7. The number of nitrogens with zero attached hydrogens (tertiary/aromatic N) is 2. The third-order valence-corrected chi connectivity index (χ3v) is 5.00. The molecule has 1 aromatic heterocycles. The van der Waals surface area contributed by atoms with Crippen LogP contribution in [0.15, 0.2) is 36.5 Å². The minimum absolute atomic E-state index is 0.181. The van der Waals surface area contributed by atoms with Gasteiger partial charge in [-0.15, -0.1) is 0 Å². The van der Waals surface area contributed by atoms with Crippen LogP contribution in [0.5, 0.6) is 0 Å². The van der Waals surface area contributed by atoms with Crippen molar-refractivity contribution in [3.8, 4) is 11.4 Å². The maximum absolute atomic E-state index is 12.0. The maximum atomic E-state index is 12.0. The Hall–Kier alpha value is -2.10. The fourth-order valence-electron chi connectivity index (χ4n) is 3.59. The van der Waals surface area contributed by atoms with Crippen LogP contribution >= 0.6 is 0 Å². The molecule has 0 saturated heterocycles. The van der Waals surface area contributed by atoms with Gasteiger partial charge < -0.3 is 9.88 Å². The molecule has 24 heavy (non-hydrogen) atoms. The molecule has 3 rings (SSSR count). The fraction of sp³-hybridized carbons (Fsp3) is 0.500. The van der Waals surface area contributed by atoms with Crippen LogP contribution in [0.2, 0.25) is 0 Å². The second kappa shape index (κ2) is 8.13. The van der Waals surface area contributed by atoms with Crippen molar-refractivity contribution < 1.29 is 4.79 Å². The van der Waals surface area contributed by atoms with Gasteiger partial charge in [0, 0.05) is 37.0 Å². The zero-order chi connectivity index (χ0) is 16.8. The van der Waals surface area contributed by atoms with Gasteiger partial charge in [0.2, 0.25) is 5.91 Å². The first-order valence-corrected chi connectivity index (χ1v) is 9.08. The molecule has 1 aliphatic rings. The van der Waals surface area contributed by atoms with E-state index < -0.39 is 0 Å². The summed E-state index contributed by atoms with van der Waals surface area (Å²) in [7, 11) is 0. The molecule has 4 nitrogen and oxygen atoms in total. The van der Waals surface area contributed by atoms with Crippen LogP contribution in [-0.4, -0.2) is 22.0 Å². The van der Waals surface area contributed by atoms with Gasteiger partial charge in [0.1, 0.15) is 5.82 Å². The molecule has 1 aromatic carbocycles. The topological polar surface area (TPSA) is 46.9 Å². The Morgan fingerprint density at radius 1 is 1.25 bits per heavy atom. The molecule has 2 aromatic rings. The summed E-state index contributed by atoms with van der Waals surface area (Å²) < 4.78 is 2.17. The standard InChI is InChI=1S/C20H27N3O/c1-16-15-22-20(18-9-3-2-4-10-18)23(16)14-13-21-19(24)12-11-17-7-5-6-8-17/h2-4,9-10,15,17H,5-8,11-14H2,1H3,(H,21,24). The minimum atomic E-state index is 0.181. The summed E-state index contributed by atoms with van der Waals surface area (Å²) in [5, 5.41) is 3.06. The lowest BCUT2D eigenvalue weighted by atomic mass is 10.0. The van der Waals surface area contributed by atoms with E-state index in [0.717, 1.165) is 36.0 Å². The molecule has 0 unspecified atom stereocenters. The predicted molar refractivity (Wildman–Crippen MR) is 96.6 cm³/mol. The summed E-state index contributed by atoms with van der Waals surface area (Å²) in [5.41, 5.74) is 2.23. The van der Waals surface area contributed by atoms with Crippen molar-refractivity contribution in [1.29, 1.82) is 0 Å². The molecule has 0 bridgehead atoms. The van der Waals surface area contributed by atoms with Crippen molar-refractivity contribution in [2.75, 3.05) is 6.54 Å². The summed E-state index contributed by atoms with van der Waals surface area (Å²) in [6.07, 6.45) is 8.90. The van der Waals surface area contributed by atoms with Crippen molar-refractivity contribution in [1.82, 2.24) is 14.9 Å². The average Bonchev–Trinajstić information content (AvgIpc) is 3.24. The molecule has 0 aliphatic heterocycles. The van der Waals surface area contributed by atoms with Gasteiger partial charge in [-0.05, 0) is 19.3 Å². The first kappa shape index (κ1) is 16.7. The lowest BCUT2D eigenvalue weighted by Crippen LogP contribution is -2.27. The highest BCUT2D eigenvalue weighted by molar-refractivity contribution is 5.75. The number of imidazole rings is 1. The van der Waals surface area contributed by atoms with Crippen molar-refractivity contribution in [2.45, 2.75) is 52.0 Å². The number of aromatic nitrogens is 2. The maximum Gasteiger partial charge on any atom is 0.220 e. The molecule has 1 aliphatic carbocycles. The number of hydrogen-bond acceptors (Lipinski definition) is 2. The Balaban J connectivity index is 1.50. The summed E-state index contributed by atoms with van der Waals surface area (Å²) >= 11 is 0. The zero-order valence-corrected chi connectivity index (χ0v) is 14.5. The second-order valence-electron chi connectivity index (χ2n) is 6.78. The zero-order valence-electron chi connectivity index (χ0n) is 14.5. The number of carbonyl (C=O) groups is 1. The fourth-order valence-corrected chi connectivity index (χ4v) is 3.59. The highest BCUT2D eigenvalue weighted by Crippen LogP contribution is 2.28. The third kappa shape index (κ3) is 4.25. The Morgan fingerprint density at radius 3 is 2.75 bits per heavy atom. The van der Waals surface area contributed by atoms with Crippen LogP contribution in [-0.2, 0) is 11.3 Å². The summed E-state index contributed by atoms with van der Waals surface area (Å²) in [6.45, 7) is 3.47. The highest BCUT2D eigenvalue weighted by Gasteiger charge is 2.16. The molecule has 4 heteroatoms. The van der Waals surface area contributed by atoms with Crippen LogP contribution in [0.3, 0.4) is 0 Å². The molecule has 1 fully saturated rings. The van der Waals surface area contributed by atoms with E-state index in [9.17, 15) is 4.79 Å². The van der Waals surface area contributed by atoms with Crippen LogP contribution in [0.25, 0.3) is 11.4 Å². The second-order valence-corrected chi connectivity index (χ2v) is 6.78. The first-order valence-electron chi connectivity index (χ1n) is 9.08. The average molecular weight is 325 g/mol.